The molecule has 5 heteroatoms. The summed E-state index contributed by atoms with van der Waals surface area (Å²) in [6, 6.07) is 0. The van der Waals surface area contributed by atoms with Crippen LogP contribution in [-0.4, -0.2) is 37.3 Å². The predicted molar refractivity (Wildman–Crippen MR) is 88.3 cm³/mol. The zero-order chi connectivity index (χ0) is 14.7. The fraction of sp³-hybridized carbons (Fsp3) is 0.812. The highest BCUT2D eigenvalue weighted by Gasteiger charge is 2.31. The van der Waals surface area contributed by atoms with Gasteiger partial charge in [-0.1, -0.05) is 6.92 Å². The first-order chi connectivity index (χ1) is 10.3. The highest BCUT2D eigenvalue weighted by Crippen LogP contribution is 2.44. The van der Waals surface area contributed by atoms with Crippen molar-refractivity contribution in [1.82, 2.24) is 10.3 Å². The highest BCUT2D eigenvalue weighted by molar-refractivity contribution is 7.15. The van der Waals surface area contributed by atoms with Crippen molar-refractivity contribution in [3.63, 3.8) is 0 Å². The number of hydrogen-bond donors (Lipinski definition) is 1. The van der Waals surface area contributed by atoms with E-state index in [1.165, 1.54) is 28.5 Å². The molecule has 1 aliphatic heterocycles. The van der Waals surface area contributed by atoms with Crippen molar-refractivity contribution < 1.29 is 4.74 Å². The molecule has 1 N–H and O–H groups in total. The van der Waals surface area contributed by atoms with Gasteiger partial charge >= 0.3 is 0 Å². The fourth-order valence-electron chi connectivity index (χ4n) is 2.98. The Morgan fingerprint density at radius 2 is 2.00 bits per heavy atom. The Kier molecular flexibility index (Phi) is 5.14. The molecule has 0 bridgehead atoms. The first-order valence-electron chi connectivity index (χ1n) is 8.38. The van der Waals surface area contributed by atoms with Crippen molar-refractivity contribution in [3.8, 4) is 0 Å². The monoisotopic (exact) mass is 309 g/mol. The number of aromatic nitrogens is 1. The molecular formula is C16H27N3OS. The number of anilines is 1. The Balaban J connectivity index is 1.65. The summed E-state index contributed by atoms with van der Waals surface area (Å²) in [7, 11) is 0. The molecule has 21 heavy (non-hydrogen) atoms. The van der Waals surface area contributed by atoms with Gasteiger partial charge in [0.25, 0.3) is 0 Å². The summed E-state index contributed by atoms with van der Waals surface area (Å²) in [6.07, 6.45) is 5.38. The van der Waals surface area contributed by atoms with Crippen LogP contribution in [-0.2, 0) is 11.3 Å². The van der Waals surface area contributed by atoms with Gasteiger partial charge in [-0.3, -0.25) is 0 Å². The molecule has 2 fully saturated rings. The maximum absolute atomic E-state index is 5.74. The summed E-state index contributed by atoms with van der Waals surface area (Å²) in [5.74, 6) is 0.740. The first kappa shape index (κ1) is 15.3. The molecule has 0 unspecified atom stereocenters. The molecule has 1 aromatic rings. The largest absolute Gasteiger partial charge is 0.378 e. The average molecular weight is 309 g/mol. The van der Waals surface area contributed by atoms with Crippen LogP contribution >= 0.6 is 11.3 Å². The smallest absolute Gasteiger partial charge is 0.185 e. The van der Waals surface area contributed by atoms with Gasteiger partial charge in [-0.2, -0.15) is 0 Å². The van der Waals surface area contributed by atoms with E-state index in [1.807, 2.05) is 11.3 Å². The number of piperidine rings is 1. The van der Waals surface area contributed by atoms with E-state index < -0.39 is 0 Å². The van der Waals surface area contributed by atoms with Crippen molar-refractivity contribution in [3.05, 3.63) is 10.6 Å². The third-order valence-electron chi connectivity index (χ3n) is 4.33. The molecule has 0 radical (unpaired) electrons. The fourth-order valence-corrected chi connectivity index (χ4v) is 4.14. The molecule has 2 aliphatic rings. The Morgan fingerprint density at radius 3 is 2.62 bits per heavy atom. The normalized spacial score (nSPS) is 20.2. The van der Waals surface area contributed by atoms with E-state index >= 15 is 0 Å². The van der Waals surface area contributed by atoms with Gasteiger partial charge in [0.2, 0.25) is 0 Å². The molecule has 3 rings (SSSR count). The zero-order valence-electron chi connectivity index (χ0n) is 13.2. The summed E-state index contributed by atoms with van der Waals surface area (Å²) >= 11 is 1.90. The lowest BCUT2D eigenvalue weighted by atomic mass is 10.1. The zero-order valence-corrected chi connectivity index (χ0v) is 14.0. The number of nitrogens with one attached hydrogen (secondary N) is 1. The van der Waals surface area contributed by atoms with E-state index in [0.29, 0.717) is 6.10 Å². The Labute approximate surface area is 131 Å². The maximum atomic E-state index is 5.74. The van der Waals surface area contributed by atoms with Crippen LogP contribution in [0, 0.1) is 0 Å². The summed E-state index contributed by atoms with van der Waals surface area (Å²) in [5, 5.41) is 4.70. The van der Waals surface area contributed by atoms with Gasteiger partial charge in [0, 0.05) is 37.0 Å². The Morgan fingerprint density at radius 1 is 1.24 bits per heavy atom. The second kappa shape index (κ2) is 7.07. The Bertz CT molecular complexity index is 450. The van der Waals surface area contributed by atoms with E-state index in [0.717, 1.165) is 51.5 Å². The molecule has 1 saturated carbocycles. The molecule has 4 nitrogen and oxygen atoms in total. The van der Waals surface area contributed by atoms with Crippen molar-refractivity contribution in [2.45, 2.75) is 58.1 Å². The van der Waals surface area contributed by atoms with Crippen molar-refractivity contribution in [1.29, 1.82) is 0 Å². The van der Waals surface area contributed by atoms with Crippen LogP contribution in [0.15, 0.2) is 0 Å². The molecule has 2 heterocycles. The van der Waals surface area contributed by atoms with Crippen LogP contribution in [0.4, 0.5) is 5.13 Å². The summed E-state index contributed by atoms with van der Waals surface area (Å²) in [5.41, 5.74) is 1.38. The van der Waals surface area contributed by atoms with E-state index in [-0.39, 0.29) is 0 Å². The average Bonchev–Trinajstić information content (AvgIpc) is 3.26. The van der Waals surface area contributed by atoms with Gasteiger partial charge in [0.1, 0.15) is 0 Å². The molecule has 1 aromatic heterocycles. The van der Waals surface area contributed by atoms with Gasteiger partial charge in [0.15, 0.2) is 5.13 Å². The van der Waals surface area contributed by atoms with Crippen LogP contribution in [0.25, 0.3) is 0 Å². The van der Waals surface area contributed by atoms with Crippen molar-refractivity contribution >= 4 is 16.5 Å². The molecule has 0 spiro atoms. The number of nitrogens with zero attached hydrogens (tertiary/aromatic N) is 2. The van der Waals surface area contributed by atoms with Crippen molar-refractivity contribution in [2.75, 3.05) is 31.1 Å². The quantitative estimate of drug-likeness (QED) is 0.839. The molecule has 1 saturated heterocycles. The SMILES string of the molecule is CCNCc1sc(N2CCC(OCC)CC2)nc1C1CC1. The predicted octanol–water partition coefficient (Wildman–Crippen LogP) is 3.14. The third kappa shape index (κ3) is 3.76. The highest BCUT2D eigenvalue weighted by atomic mass is 32.1. The minimum absolute atomic E-state index is 0.454. The number of thiazole rings is 1. The van der Waals surface area contributed by atoms with E-state index in [4.69, 9.17) is 9.72 Å². The molecule has 1 aliphatic carbocycles. The van der Waals surface area contributed by atoms with Crippen LogP contribution in [0.3, 0.4) is 0 Å². The van der Waals surface area contributed by atoms with E-state index in [1.54, 1.807) is 0 Å². The second-order valence-electron chi connectivity index (χ2n) is 6.00. The lowest BCUT2D eigenvalue weighted by Gasteiger charge is -2.31. The van der Waals surface area contributed by atoms with E-state index in [9.17, 15) is 0 Å². The van der Waals surface area contributed by atoms with Gasteiger partial charge in [-0.25, -0.2) is 4.98 Å². The topological polar surface area (TPSA) is 37.4 Å². The van der Waals surface area contributed by atoms with Gasteiger partial charge < -0.3 is 15.0 Å². The minimum atomic E-state index is 0.454. The van der Waals surface area contributed by atoms with Crippen LogP contribution in [0.2, 0.25) is 0 Å². The van der Waals surface area contributed by atoms with Crippen LogP contribution in [0.5, 0.6) is 0 Å². The Hall–Kier alpha value is -0.650. The lowest BCUT2D eigenvalue weighted by molar-refractivity contribution is 0.0459. The molecule has 0 aromatic carbocycles. The lowest BCUT2D eigenvalue weighted by Crippen LogP contribution is -2.37. The second-order valence-corrected chi connectivity index (χ2v) is 7.06. The number of hydrogen-bond acceptors (Lipinski definition) is 5. The first-order valence-corrected chi connectivity index (χ1v) is 9.20. The molecular weight excluding hydrogens is 282 g/mol. The molecule has 118 valence electrons. The van der Waals surface area contributed by atoms with Crippen molar-refractivity contribution in [2.24, 2.45) is 0 Å². The van der Waals surface area contributed by atoms with Crippen LogP contribution in [0.1, 0.15) is 56.0 Å². The number of ether oxygens (including phenoxy) is 1. The maximum Gasteiger partial charge on any atom is 0.185 e. The minimum Gasteiger partial charge on any atom is -0.378 e. The standard InChI is InChI=1S/C16H27N3OS/c1-3-17-11-14-15(12-5-6-12)18-16(21-14)19-9-7-13(8-10-19)20-4-2/h12-13,17H,3-11H2,1-2H3. The van der Waals surface area contributed by atoms with Gasteiger partial charge in [-0.15, -0.1) is 11.3 Å². The summed E-state index contributed by atoms with van der Waals surface area (Å²) in [6.45, 7) is 9.26. The number of rotatable bonds is 7. The molecule has 0 amide bonds. The van der Waals surface area contributed by atoms with Crippen LogP contribution < -0.4 is 10.2 Å². The van der Waals surface area contributed by atoms with Gasteiger partial charge in [-0.05, 0) is 39.2 Å². The third-order valence-corrected chi connectivity index (χ3v) is 5.46. The molecule has 0 atom stereocenters. The summed E-state index contributed by atoms with van der Waals surface area (Å²) < 4.78 is 5.74. The van der Waals surface area contributed by atoms with Gasteiger partial charge in [0.05, 0.1) is 11.8 Å². The summed E-state index contributed by atoms with van der Waals surface area (Å²) in [4.78, 5) is 8.90. The van der Waals surface area contributed by atoms with E-state index in [2.05, 4.69) is 24.1 Å².